The predicted octanol–water partition coefficient (Wildman–Crippen LogP) is 1.69. The summed E-state index contributed by atoms with van der Waals surface area (Å²) >= 11 is 2.06. The lowest BCUT2D eigenvalue weighted by Crippen LogP contribution is -2.52. The Morgan fingerprint density at radius 2 is 1.96 bits per heavy atom. The molecule has 0 N–H and O–H groups in total. The minimum Gasteiger partial charge on any atom is -0.335 e. The molecular formula is C17H23N5OS. The van der Waals surface area contributed by atoms with Gasteiger partial charge in [0.15, 0.2) is 0 Å². The van der Waals surface area contributed by atoms with Crippen molar-refractivity contribution in [3.8, 4) is 0 Å². The SMILES string of the molecule is Cc1nc2ncccn2c1C(=O)N1CCN(C2CCSCC2)CC1. The fourth-order valence-corrected chi connectivity index (χ4v) is 4.83. The summed E-state index contributed by atoms with van der Waals surface area (Å²) in [6.07, 6.45) is 6.15. The number of piperazine rings is 1. The molecular weight excluding hydrogens is 322 g/mol. The number of hydrogen-bond acceptors (Lipinski definition) is 5. The molecule has 0 atom stereocenters. The van der Waals surface area contributed by atoms with Gasteiger partial charge in [-0.1, -0.05) is 0 Å². The second-order valence-corrected chi connectivity index (χ2v) is 7.73. The van der Waals surface area contributed by atoms with Gasteiger partial charge in [0.05, 0.1) is 5.69 Å². The Morgan fingerprint density at radius 3 is 2.71 bits per heavy atom. The van der Waals surface area contributed by atoms with Crippen LogP contribution in [0, 0.1) is 6.92 Å². The van der Waals surface area contributed by atoms with Crippen molar-refractivity contribution in [1.82, 2.24) is 24.2 Å². The first-order valence-corrected chi connectivity index (χ1v) is 9.80. The molecule has 24 heavy (non-hydrogen) atoms. The number of carbonyl (C=O) groups excluding carboxylic acids is 1. The lowest BCUT2D eigenvalue weighted by atomic mass is 10.1. The monoisotopic (exact) mass is 345 g/mol. The van der Waals surface area contributed by atoms with Gasteiger partial charge in [-0.3, -0.25) is 14.1 Å². The van der Waals surface area contributed by atoms with Gasteiger partial charge in [-0.15, -0.1) is 0 Å². The third-order valence-electron chi connectivity index (χ3n) is 5.09. The van der Waals surface area contributed by atoms with E-state index in [0.717, 1.165) is 31.9 Å². The van der Waals surface area contributed by atoms with Crippen LogP contribution in [0.1, 0.15) is 29.0 Å². The molecule has 6 nitrogen and oxygen atoms in total. The van der Waals surface area contributed by atoms with Crippen LogP contribution in [0.25, 0.3) is 5.78 Å². The van der Waals surface area contributed by atoms with Gasteiger partial charge in [-0.05, 0) is 37.3 Å². The summed E-state index contributed by atoms with van der Waals surface area (Å²) in [6, 6.07) is 2.55. The van der Waals surface area contributed by atoms with Gasteiger partial charge in [0.1, 0.15) is 5.69 Å². The standard InChI is InChI=1S/C17H23N5OS/c1-13-15(22-6-2-5-18-17(22)19-13)16(23)21-9-7-20(8-10-21)14-3-11-24-12-4-14/h2,5-6,14H,3-4,7-12H2,1H3. The minimum atomic E-state index is 0.0758. The first-order chi connectivity index (χ1) is 11.7. The summed E-state index contributed by atoms with van der Waals surface area (Å²) in [5, 5.41) is 0. The van der Waals surface area contributed by atoms with Crippen LogP contribution in [0.2, 0.25) is 0 Å². The van der Waals surface area contributed by atoms with Crippen LogP contribution in [-0.2, 0) is 0 Å². The maximum Gasteiger partial charge on any atom is 0.272 e. The van der Waals surface area contributed by atoms with Gasteiger partial charge in [0.25, 0.3) is 5.91 Å². The summed E-state index contributed by atoms with van der Waals surface area (Å²) in [7, 11) is 0. The van der Waals surface area contributed by atoms with Gasteiger partial charge in [-0.25, -0.2) is 9.97 Å². The van der Waals surface area contributed by atoms with Gasteiger partial charge in [0, 0.05) is 44.6 Å². The van der Waals surface area contributed by atoms with Crippen molar-refractivity contribution in [2.75, 3.05) is 37.7 Å². The Morgan fingerprint density at radius 1 is 1.21 bits per heavy atom. The third kappa shape index (κ3) is 2.91. The van der Waals surface area contributed by atoms with E-state index in [1.165, 1.54) is 24.3 Å². The summed E-state index contributed by atoms with van der Waals surface area (Å²) in [5.41, 5.74) is 1.41. The fraction of sp³-hybridized carbons (Fsp3) is 0.588. The molecule has 2 aromatic rings. The zero-order valence-corrected chi connectivity index (χ0v) is 14.8. The molecule has 4 heterocycles. The Balaban J connectivity index is 1.47. The van der Waals surface area contributed by atoms with Crippen LogP contribution in [0.3, 0.4) is 0 Å². The Kier molecular flexibility index (Phi) is 4.45. The molecule has 2 aromatic heterocycles. The summed E-state index contributed by atoms with van der Waals surface area (Å²) in [5.74, 6) is 3.22. The molecule has 1 amide bonds. The lowest BCUT2D eigenvalue weighted by Gasteiger charge is -2.40. The highest BCUT2D eigenvalue weighted by Crippen LogP contribution is 2.23. The maximum absolute atomic E-state index is 13.0. The number of thioether (sulfide) groups is 1. The number of imidazole rings is 1. The number of rotatable bonds is 2. The lowest BCUT2D eigenvalue weighted by molar-refractivity contribution is 0.0552. The number of hydrogen-bond donors (Lipinski definition) is 0. The summed E-state index contributed by atoms with van der Waals surface area (Å²) in [6.45, 7) is 5.45. The zero-order chi connectivity index (χ0) is 16.5. The van der Waals surface area contributed by atoms with Crippen LogP contribution >= 0.6 is 11.8 Å². The summed E-state index contributed by atoms with van der Waals surface area (Å²) in [4.78, 5) is 26.2. The molecule has 128 valence electrons. The first-order valence-electron chi connectivity index (χ1n) is 8.65. The quantitative estimate of drug-likeness (QED) is 0.829. The van der Waals surface area contributed by atoms with Crippen molar-refractivity contribution in [1.29, 1.82) is 0 Å². The van der Waals surface area contributed by atoms with Crippen molar-refractivity contribution in [3.63, 3.8) is 0 Å². The molecule has 2 saturated heterocycles. The third-order valence-corrected chi connectivity index (χ3v) is 6.14. The van der Waals surface area contributed by atoms with Gasteiger partial charge in [-0.2, -0.15) is 11.8 Å². The molecule has 0 aromatic carbocycles. The number of fused-ring (bicyclic) bond motifs is 1. The normalized spacial score (nSPS) is 20.6. The molecule has 2 fully saturated rings. The zero-order valence-electron chi connectivity index (χ0n) is 14.0. The molecule has 2 aliphatic rings. The average Bonchev–Trinajstić information content (AvgIpc) is 2.98. The molecule has 0 spiro atoms. The van der Waals surface area contributed by atoms with Crippen LogP contribution in [0.15, 0.2) is 18.5 Å². The van der Waals surface area contributed by atoms with Gasteiger partial charge in [0.2, 0.25) is 5.78 Å². The van der Waals surface area contributed by atoms with E-state index in [1.54, 1.807) is 6.20 Å². The van der Waals surface area contributed by atoms with E-state index in [9.17, 15) is 4.79 Å². The Labute approximate surface area is 146 Å². The molecule has 4 rings (SSSR count). The van der Waals surface area contributed by atoms with E-state index in [-0.39, 0.29) is 5.91 Å². The number of nitrogens with zero attached hydrogens (tertiary/aromatic N) is 5. The number of aryl methyl sites for hydroxylation is 1. The highest BCUT2D eigenvalue weighted by Gasteiger charge is 2.29. The van der Waals surface area contributed by atoms with E-state index in [4.69, 9.17) is 0 Å². The average molecular weight is 345 g/mol. The van der Waals surface area contributed by atoms with Crippen LogP contribution in [0.4, 0.5) is 0 Å². The molecule has 0 radical (unpaired) electrons. The summed E-state index contributed by atoms with van der Waals surface area (Å²) < 4.78 is 1.81. The predicted molar refractivity (Wildman–Crippen MR) is 95.5 cm³/mol. The molecule has 0 bridgehead atoms. The highest BCUT2D eigenvalue weighted by atomic mass is 32.2. The topological polar surface area (TPSA) is 53.7 Å². The molecule has 2 aliphatic heterocycles. The van der Waals surface area contributed by atoms with E-state index in [1.807, 2.05) is 28.5 Å². The molecule has 0 saturated carbocycles. The maximum atomic E-state index is 13.0. The van der Waals surface area contributed by atoms with Crippen molar-refractivity contribution >= 4 is 23.4 Å². The second-order valence-electron chi connectivity index (χ2n) is 6.51. The number of amides is 1. The van der Waals surface area contributed by atoms with E-state index >= 15 is 0 Å². The fourth-order valence-electron chi connectivity index (χ4n) is 3.75. The van der Waals surface area contributed by atoms with Crippen LogP contribution in [0.5, 0.6) is 0 Å². The van der Waals surface area contributed by atoms with Crippen molar-refractivity contribution in [3.05, 3.63) is 29.8 Å². The second kappa shape index (κ2) is 6.72. The van der Waals surface area contributed by atoms with Gasteiger partial charge < -0.3 is 4.90 Å². The first kappa shape index (κ1) is 15.9. The van der Waals surface area contributed by atoms with Crippen LogP contribution in [-0.4, -0.2) is 73.8 Å². The van der Waals surface area contributed by atoms with E-state index < -0.39 is 0 Å². The van der Waals surface area contributed by atoms with Crippen molar-refractivity contribution in [2.45, 2.75) is 25.8 Å². The van der Waals surface area contributed by atoms with E-state index in [2.05, 4.69) is 26.6 Å². The largest absolute Gasteiger partial charge is 0.335 e. The highest BCUT2D eigenvalue weighted by molar-refractivity contribution is 7.99. The van der Waals surface area contributed by atoms with E-state index in [0.29, 0.717) is 17.5 Å². The Hall–Kier alpha value is -1.60. The molecule has 0 unspecified atom stereocenters. The van der Waals surface area contributed by atoms with Crippen molar-refractivity contribution < 1.29 is 4.79 Å². The Bertz CT molecular complexity index is 732. The molecule has 0 aliphatic carbocycles. The van der Waals surface area contributed by atoms with Gasteiger partial charge >= 0.3 is 0 Å². The number of carbonyl (C=O) groups is 1. The van der Waals surface area contributed by atoms with Crippen LogP contribution < -0.4 is 0 Å². The van der Waals surface area contributed by atoms with Crippen molar-refractivity contribution in [2.24, 2.45) is 0 Å². The smallest absolute Gasteiger partial charge is 0.272 e. The molecule has 7 heteroatoms. The number of aromatic nitrogens is 3. The minimum absolute atomic E-state index is 0.0758.